The van der Waals surface area contributed by atoms with Gasteiger partial charge in [-0.25, -0.2) is 9.67 Å². The third-order valence-electron chi connectivity index (χ3n) is 4.07. The Balaban J connectivity index is 1.33. The van der Waals surface area contributed by atoms with E-state index in [0.29, 0.717) is 17.3 Å². The Morgan fingerprint density at radius 1 is 1.21 bits per heavy atom. The van der Waals surface area contributed by atoms with Crippen molar-refractivity contribution >= 4 is 12.0 Å². The zero-order valence-electron chi connectivity index (χ0n) is 14.8. The maximum Gasteiger partial charge on any atom is 0.266 e. The Bertz CT molecular complexity index is 1070. The zero-order valence-corrected chi connectivity index (χ0v) is 14.8. The quantitative estimate of drug-likeness (QED) is 0.641. The SMILES string of the molecule is O=C(/C=C/c1ccc2c(c1)OCO2)NCCn1nc(-n2ccnc2)ccc1=O. The Labute approximate surface area is 159 Å². The monoisotopic (exact) mass is 379 g/mol. The topological polar surface area (TPSA) is 100 Å². The van der Waals surface area contributed by atoms with Crippen LogP contribution < -0.4 is 20.3 Å². The number of nitrogens with one attached hydrogen (secondary N) is 1. The molecule has 0 saturated carbocycles. The van der Waals surface area contributed by atoms with Gasteiger partial charge in [-0.3, -0.25) is 14.2 Å². The summed E-state index contributed by atoms with van der Waals surface area (Å²) < 4.78 is 13.6. The number of aromatic nitrogens is 4. The normalized spacial score (nSPS) is 12.4. The highest BCUT2D eigenvalue weighted by atomic mass is 16.7. The van der Waals surface area contributed by atoms with Crippen LogP contribution in [0.3, 0.4) is 0 Å². The molecule has 0 unspecified atom stereocenters. The minimum atomic E-state index is -0.267. The van der Waals surface area contributed by atoms with E-state index in [1.165, 1.54) is 16.8 Å². The Kier molecular flexibility index (Phi) is 4.87. The first-order chi connectivity index (χ1) is 13.7. The van der Waals surface area contributed by atoms with Gasteiger partial charge in [0, 0.05) is 31.1 Å². The summed E-state index contributed by atoms with van der Waals surface area (Å²) in [4.78, 5) is 27.9. The summed E-state index contributed by atoms with van der Waals surface area (Å²) in [5.41, 5.74) is 0.583. The molecule has 1 N–H and O–H groups in total. The molecule has 1 aliphatic rings. The summed E-state index contributed by atoms with van der Waals surface area (Å²) in [6.07, 6.45) is 8.07. The first-order valence-electron chi connectivity index (χ1n) is 8.61. The Morgan fingerprint density at radius 3 is 2.96 bits per heavy atom. The number of imidazole rings is 1. The number of amides is 1. The van der Waals surface area contributed by atoms with Crippen molar-refractivity contribution in [2.24, 2.45) is 0 Å². The Hall–Kier alpha value is -3.88. The second kappa shape index (κ2) is 7.78. The molecule has 0 bridgehead atoms. The van der Waals surface area contributed by atoms with Crippen molar-refractivity contribution in [1.82, 2.24) is 24.6 Å². The third kappa shape index (κ3) is 3.93. The van der Waals surface area contributed by atoms with Gasteiger partial charge in [0.1, 0.15) is 6.33 Å². The van der Waals surface area contributed by atoms with Crippen LogP contribution in [0.4, 0.5) is 0 Å². The van der Waals surface area contributed by atoms with E-state index < -0.39 is 0 Å². The molecule has 0 radical (unpaired) electrons. The fourth-order valence-electron chi connectivity index (χ4n) is 2.66. The van der Waals surface area contributed by atoms with Crippen molar-refractivity contribution < 1.29 is 14.3 Å². The van der Waals surface area contributed by atoms with Crippen molar-refractivity contribution in [2.45, 2.75) is 6.54 Å². The summed E-state index contributed by atoms with van der Waals surface area (Å²) in [5.74, 6) is 1.66. The van der Waals surface area contributed by atoms with Gasteiger partial charge in [0.2, 0.25) is 12.7 Å². The van der Waals surface area contributed by atoms with Crippen molar-refractivity contribution in [3.05, 3.63) is 71.0 Å². The molecule has 9 heteroatoms. The number of nitrogens with zero attached hydrogens (tertiary/aromatic N) is 4. The molecule has 28 heavy (non-hydrogen) atoms. The van der Waals surface area contributed by atoms with Gasteiger partial charge in [-0.2, -0.15) is 5.10 Å². The molecular formula is C19H17N5O4. The average Bonchev–Trinajstić information content (AvgIpc) is 3.39. The lowest BCUT2D eigenvalue weighted by atomic mass is 10.2. The smallest absolute Gasteiger partial charge is 0.266 e. The first kappa shape index (κ1) is 17.5. The Morgan fingerprint density at radius 2 is 2.11 bits per heavy atom. The van der Waals surface area contributed by atoms with Crippen LogP contribution in [-0.2, 0) is 11.3 Å². The average molecular weight is 379 g/mol. The van der Waals surface area contributed by atoms with Gasteiger partial charge in [0.25, 0.3) is 5.56 Å². The van der Waals surface area contributed by atoms with Crippen molar-refractivity contribution in [3.63, 3.8) is 0 Å². The third-order valence-corrected chi connectivity index (χ3v) is 4.07. The number of hydrogen-bond acceptors (Lipinski definition) is 6. The van der Waals surface area contributed by atoms with E-state index in [2.05, 4.69) is 15.4 Å². The molecule has 2 aromatic heterocycles. The summed E-state index contributed by atoms with van der Waals surface area (Å²) in [6.45, 7) is 0.730. The number of hydrogen-bond donors (Lipinski definition) is 1. The van der Waals surface area contributed by atoms with Gasteiger partial charge in [0.05, 0.1) is 6.54 Å². The molecule has 9 nitrogen and oxygen atoms in total. The van der Waals surface area contributed by atoms with E-state index in [1.807, 2.05) is 6.07 Å². The highest BCUT2D eigenvalue weighted by Gasteiger charge is 2.12. The van der Waals surface area contributed by atoms with Crippen molar-refractivity contribution in [3.8, 4) is 17.3 Å². The molecule has 0 spiro atoms. The van der Waals surface area contributed by atoms with Gasteiger partial charge < -0.3 is 14.8 Å². The van der Waals surface area contributed by atoms with E-state index in [9.17, 15) is 9.59 Å². The van der Waals surface area contributed by atoms with Gasteiger partial charge in [-0.05, 0) is 29.8 Å². The van der Waals surface area contributed by atoms with Gasteiger partial charge >= 0.3 is 0 Å². The zero-order chi connectivity index (χ0) is 19.3. The number of carbonyl (C=O) groups is 1. The molecule has 3 aromatic rings. The maximum absolute atomic E-state index is 12.0. The van der Waals surface area contributed by atoms with Crippen LogP contribution >= 0.6 is 0 Å². The summed E-state index contributed by atoms with van der Waals surface area (Å²) in [6, 6.07) is 8.49. The summed E-state index contributed by atoms with van der Waals surface area (Å²) in [5, 5.41) is 7.01. The second-order valence-electron chi connectivity index (χ2n) is 5.96. The predicted octanol–water partition coefficient (Wildman–Crippen LogP) is 0.987. The van der Waals surface area contributed by atoms with Crippen molar-refractivity contribution in [1.29, 1.82) is 0 Å². The van der Waals surface area contributed by atoms with Crippen molar-refractivity contribution in [2.75, 3.05) is 13.3 Å². The van der Waals surface area contributed by atoms with Crippen LogP contribution in [-0.4, -0.2) is 38.6 Å². The minimum Gasteiger partial charge on any atom is -0.454 e. The van der Waals surface area contributed by atoms with Crippen LogP contribution in [0, 0.1) is 0 Å². The van der Waals surface area contributed by atoms with Gasteiger partial charge in [-0.15, -0.1) is 0 Å². The van der Waals surface area contributed by atoms with Crippen LogP contribution in [0.5, 0.6) is 11.5 Å². The van der Waals surface area contributed by atoms with Crippen LogP contribution in [0.15, 0.2) is 59.9 Å². The van der Waals surface area contributed by atoms with Crippen LogP contribution in [0.1, 0.15) is 5.56 Å². The van der Waals surface area contributed by atoms with E-state index in [0.717, 1.165) is 5.56 Å². The molecule has 0 fully saturated rings. The number of benzene rings is 1. The molecular weight excluding hydrogens is 362 g/mol. The number of carbonyl (C=O) groups excluding carboxylic acids is 1. The highest BCUT2D eigenvalue weighted by Crippen LogP contribution is 2.32. The first-order valence-corrected chi connectivity index (χ1v) is 8.61. The lowest BCUT2D eigenvalue weighted by Crippen LogP contribution is -2.31. The number of ether oxygens (including phenoxy) is 2. The lowest BCUT2D eigenvalue weighted by molar-refractivity contribution is -0.116. The molecule has 0 atom stereocenters. The standard InChI is InChI=1S/C19H17N5O4/c25-18(5-2-14-1-3-15-16(11-14)28-13-27-15)21-8-10-24-19(26)6-4-17(22-24)23-9-7-20-12-23/h1-7,9,11-12H,8,10,13H2,(H,21,25)/b5-2+. The molecule has 4 rings (SSSR count). The second-order valence-corrected chi connectivity index (χ2v) is 5.96. The maximum atomic E-state index is 12.0. The van der Waals surface area contributed by atoms with Crippen LogP contribution in [0.2, 0.25) is 0 Å². The highest BCUT2D eigenvalue weighted by molar-refractivity contribution is 5.91. The molecule has 1 aliphatic heterocycles. The molecule has 142 valence electrons. The fraction of sp³-hybridized carbons (Fsp3) is 0.158. The number of fused-ring (bicyclic) bond motifs is 1. The molecule has 0 saturated heterocycles. The van der Waals surface area contributed by atoms with E-state index in [1.54, 1.807) is 47.6 Å². The largest absolute Gasteiger partial charge is 0.454 e. The summed E-state index contributed by atoms with van der Waals surface area (Å²) >= 11 is 0. The predicted molar refractivity (Wildman–Crippen MR) is 100 cm³/mol. The number of rotatable bonds is 6. The molecule has 1 amide bonds. The lowest BCUT2D eigenvalue weighted by Gasteiger charge is -2.07. The molecule has 3 heterocycles. The van der Waals surface area contributed by atoms with E-state index in [4.69, 9.17) is 9.47 Å². The minimum absolute atomic E-state index is 0.207. The van der Waals surface area contributed by atoms with E-state index >= 15 is 0 Å². The van der Waals surface area contributed by atoms with Gasteiger partial charge in [0.15, 0.2) is 17.3 Å². The molecule has 0 aliphatic carbocycles. The van der Waals surface area contributed by atoms with E-state index in [-0.39, 0.29) is 31.3 Å². The fourth-order valence-corrected chi connectivity index (χ4v) is 2.66. The molecule has 1 aromatic carbocycles. The van der Waals surface area contributed by atoms with Gasteiger partial charge in [-0.1, -0.05) is 6.07 Å². The van der Waals surface area contributed by atoms with Crippen LogP contribution in [0.25, 0.3) is 11.9 Å². The summed E-state index contributed by atoms with van der Waals surface area (Å²) in [7, 11) is 0.